The molecular weight excluding hydrogens is 188 g/mol. The van der Waals surface area contributed by atoms with Crippen LogP contribution in [-0.4, -0.2) is 13.0 Å². The van der Waals surface area contributed by atoms with Gasteiger partial charge in [-0.25, -0.2) is 8.78 Å². The van der Waals surface area contributed by atoms with Crippen molar-refractivity contribution in [2.24, 2.45) is 0 Å². The van der Waals surface area contributed by atoms with Crippen LogP contribution in [-0.2, 0) is 4.79 Å². The van der Waals surface area contributed by atoms with E-state index in [4.69, 9.17) is 0 Å². The Balaban J connectivity index is 3.00. The average Bonchev–Trinajstić information content (AvgIpc) is 2.14. The molecule has 1 rings (SSSR count). The second kappa shape index (κ2) is 4.17. The van der Waals surface area contributed by atoms with Gasteiger partial charge in [-0.05, 0) is 24.6 Å². The van der Waals surface area contributed by atoms with E-state index in [1.807, 2.05) is 0 Å². The summed E-state index contributed by atoms with van der Waals surface area (Å²) in [7, 11) is 1.48. The molecule has 4 heteroatoms. The quantitative estimate of drug-likeness (QED) is 0.773. The Bertz CT molecular complexity index is 332. The van der Waals surface area contributed by atoms with Gasteiger partial charge in [0.1, 0.15) is 11.6 Å². The summed E-state index contributed by atoms with van der Waals surface area (Å²) in [6, 6.07) is 3.09. The predicted molar refractivity (Wildman–Crippen MR) is 48.8 cm³/mol. The van der Waals surface area contributed by atoms with Gasteiger partial charge in [-0.2, -0.15) is 0 Å². The Morgan fingerprint density at radius 3 is 2.21 bits per heavy atom. The van der Waals surface area contributed by atoms with Crippen molar-refractivity contribution in [3.63, 3.8) is 0 Å². The molecule has 0 aliphatic heterocycles. The SMILES string of the molecule is CNC(=O)C(C)c1cc(F)cc(F)c1. The van der Waals surface area contributed by atoms with E-state index < -0.39 is 17.6 Å². The molecule has 0 aromatic heterocycles. The molecule has 0 fully saturated rings. The Morgan fingerprint density at radius 1 is 1.29 bits per heavy atom. The Labute approximate surface area is 80.9 Å². The molecule has 2 nitrogen and oxygen atoms in total. The number of hydrogen-bond donors (Lipinski definition) is 1. The van der Waals surface area contributed by atoms with Crippen molar-refractivity contribution in [1.29, 1.82) is 0 Å². The van der Waals surface area contributed by atoms with E-state index >= 15 is 0 Å². The summed E-state index contributed by atoms with van der Waals surface area (Å²) in [4.78, 5) is 11.2. The van der Waals surface area contributed by atoms with Gasteiger partial charge in [0.05, 0.1) is 5.92 Å². The molecule has 0 aliphatic rings. The highest BCUT2D eigenvalue weighted by Crippen LogP contribution is 2.17. The Hall–Kier alpha value is -1.45. The van der Waals surface area contributed by atoms with Crippen LogP contribution in [0.5, 0.6) is 0 Å². The standard InChI is InChI=1S/C10H11F2NO/c1-6(10(14)13-2)7-3-8(11)5-9(12)4-7/h3-6H,1-2H3,(H,13,14). The van der Waals surface area contributed by atoms with Crippen molar-refractivity contribution < 1.29 is 13.6 Å². The van der Waals surface area contributed by atoms with E-state index in [0.717, 1.165) is 18.2 Å². The topological polar surface area (TPSA) is 29.1 Å². The molecule has 1 atom stereocenters. The van der Waals surface area contributed by atoms with Gasteiger partial charge in [0.2, 0.25) is 5.91 Å². The number of hydrogen-bond acceptors (Lipinski definition) is 1. The molecule has 0 radical (unpaired) electrons. The fourth-order valence-corrected chi connectivity index (χ4v) is 1.19. The number of benzene rings is 1. The minimum absolute atomic E-state index is 0.269. The van der Waals surface area contributed by atoms with Crippen LogP contribution in [0.1, 0.15) is 18.4 Å². The van der Waals surface area contributed by atoms with Crippen molar-refractivity contribution in [2.45, 2.75) is 12.8 Å². The lowest BCUT2D eigenvalue weighted by molar-refractivity contribution is -0.121. The van der Waals surface area contributed by atoms with Crippen molar-refractivity contribution in [3.05, 3.63) is 35.4 Å². The molecule has 1 amide bonds. The van der Waals surface area contributed by atoms with Gasteiger partial charge in [-0.3, -0.25) is 4.79 Å². The van der Waals surface area contributed by atoms with Crippen molar-refractivity contribution in [1.82, 2.24) is 5.32 Å². The Kier molecular flexibility index (Phi) is 3.17. The fourth-order valence-electron chi connectivity index (χ4n) is 1.19. The molecule has 0 spiro atoms. The smallest absolute Gasteiger partial charge is 0.227 e. The molecule has 1 unspecified atom stereocenters. The summed E-state index contributed by atoms with van der Waals surface area (Å²) >= 11 is 0. The van der Waals surface area contributed by atoms with Crippen LogP contribution in [0.15, 0.2) is 18.2 Å². The number of carbonyl (C=O) groups excluding carboxylic acids is 1. The predicted octanol–water partition coefficient (Wildman–Crippen LogP) is 1.81. The van der Waals surface area contributed by atoms with Crippen molar-refractivity contribution >= 4 is 5.91 Å². The largest absolute Gasteiger partial charge is 0.359 e. The third-order valence-corrected chi connectivity index (χ3v) is 2.02. The first-order valence-electron chi connectivity index (χ1n) is 4.22. The highest BCUT2D eigenvalue weighted by atomic mass is 19.1. The van der Waals surface area contributed by atoms with E-state index in [2.05, 4.69) is 5.32 Å². The first kappa shape index (κ1) is 10.6. The molecule has 1 aromatic rings. The first-order valence-corrected chi connectivity index (χ1v) is 4.22. The molecule has 0 bridgehead atoms. The van der Waals surface area contributed by atoms with Crippen molar-refractivity contribution in [3.8, 4) is 0 Å². The summed E-state index contributed by atoms with van der Waals surface area (Å²) in [5.74, 6) is -2.16. The maximum atomic E-state index is 12.8. The second-order valence-electron chi connectivity index (χ2n) is 3.04. The number of carbonyl (C=O) groups is 1. The van der Waals surface area contributed by atoms with Gasteiger partial charge in [0.15, 0.2) is 0 Å². The zero-order chi connectivity index (χ0) is 10.7. The highest BCUT2D eigenvalue weighted by Gasteiger charge is 2.15. The maximum absolute atomic E-state index is 12.8. The third kappa shape index (κ3) is 2.28. The zero-order valence-corrected chi connectivity index (χ0v) is 7.97. The molecule has 0 saturated carbocycles. The molecular formula is C10H11F2NO. The van der Waals surface area contributed by atoms with E-state index in [1.165, 1.54) is 7.05 Å². The number of halogens is 2. The molecule has 0 heterocycles. The normalized spacial score (nSPS) is 12.3. The molecule has 14 heavy (non-hydrogen) atoms. The van der Waals surface area contributed by atoms with Gasteiger partial charge in [0.25, 0.3) is 0 Å². The van der Waals surface area contributed by atoms with Gasteiger partial charge >= 0.3 is 0 Å². The van der Waals surface area contributed by atoms with Gasteiger partial charge < -0.3 is 5.32 Å². The number of rotatable bonds is 2. The summed E-state index contributed by atoms with van der Waals surface area (Å²) in [6.45, 7) is 1.59. The van der Waals surface area contributed by atoms with Crippen LogP contribution in [0.25, 0.3) is 0 Å². The van der Waals surface area contributed by atoms with Gasteiger partial charge in [0, 0.05) is 13.1 Å². The van der Waals surface area contributed by atoms with Crippen LogP contribution in [0.3, 0.4) is 0 Å². The lowest BCUT2D eigenvalue weighted by Crippen LogP contribution is -2.23. The first-order chi connectivity index (χ1) is 6.54. The summed E-state index contributed by atoms with van der Waals surface area (Å²) in [6.07, 6.45) is 0. The summed E-state index contributed by atoms with van der Waals surface area (Å²) in [5.41, 5.74) is 0.335. The third-order valence-electron chi connectivity index (χ3n) is 2.02. The monoisotopic (exact) mass is 199 g/mol. The molecule has 1 aromatic carbocycles. The van der Waals surface area contributed by atoms with Gasteiger partial charge in [-0.15, -0.1) is 0 Å². The van der Waals surface area contributed by atoms with Crippen LogP contribution in [0, 0.1) is 11.6 Å². The zero-order valence-electron chi connectivity index (χ0n) is 7.97. The lowest BCUT2D eigenvalue weighted by atomic mass is 10.0. The molecule has 0 saturated heterocycles. The van der Waals surface area contributed by atoms with E-state index in [1.54, 1.807) is 6.92 Å². The number of nitrogens with one attached hydrogen (secondary N) is 1. The summed E-state index contributed by atoms with van der Waals surface area (Å²) in [5, 5.41) is 2.42. The van der Waals surface area contributed by atoms with E-state index in [9.17, 15) is 13.6 Å². The number of likely N-dealkylation sites (N-methyl/N-ethyl adjacent to an activating group) is 1. The Morgan fingerprint density at radius 2 is 1.79 bits per heavy atom. The van der Waals surface area contributed by atoms with Crippen LogP contribution in [0.2, 0.25) is 0 Å². The average molecular weight is 199 g/mol. The van der Waals surface area contributed by atoms with Crippen LogP contribution < -0.4 is 5.32 Å². The molecule has 0 aliphatic carbocycles. The van der Waals surface area contributed by atoms with Crippen LogP contribution in [0.4, 0.5) is 8.78 Å². The van der Waals surface area contributed by atoms with Crippen molar-refractivity contribution in [2.75, 3.05) is 7.05 Å². The molecule has 76 valence electrons. The lowest BCUT2D eigenvalue weighted by Gasteiger charge is -2.10. The maximum Gasteiger partial charge on any atom is 0.227 e. The second-order valence-corrected chi connectivity index (χ2v) is 3.04. The summed E-state index contributed by atoms with van der Waals surface area (Å²) < 4.78 is 25.6. The minimum Gasteiger partial charge on any atom is -0.359 e. The minimum atomic E-state index is -0.671. The van der Waals surface area contributed by atoms with Gasteiger partial charge in [-0.1, -0.05) is 0 Å². The van der Waals surface area contributed by atoms with E-state index in [-0.39, 0.29) is 5.91 Å². The fraction of sp³-hybridized carbons (Fsp3) is 0.300. The van der Waals surface area contributed by atoms with Crippen LogP contribution >= 0.6 is 0 Å². The van der Waals surface area contributed by atoms with E-state index in [0.29, 0.717) is 5.56 Å². The highest BCUT2D eigenvalue weighted by molar-refractivity contribution is 5.82. The molecule has 1 N–H and O–H groups in total. The number of amides is 1.